The van der Waals surface area contributed by atoms with Crippen molar-refractivity contribution in [2.24, 2.45) is 0 Å². The fraction of sp³-hybridized carbons (Fsp3) is 0.300. The van der Waals surface area contributed by atoms with Crippen LogP contribution in [-0.4, -0.2) is 46.2 Å². The molecule has 0 bridgehead atoms. The highest BCUT2D eigenvalue weighted by atomic mass is 32.2. The first-order chi connectivity index (χ1) is 13.1. The van der Waals surface area contributed by atoms with Crippen molar-refractivity contribution in [3.8, 4) is 0 Å². The van der Waals surface area contributed by atoms with Gasteiger partial charge in [-0.2, -0.15) is 11.3 Å². The van der Waals surface area contributed by atoms with Crippen molar-refractivity contribution in [1.82, 2.24) is 9.62 Å². The lowest BCUT2D eigenvalue weighted by Gasteiger charge is -2.34. The third kappa shape index (κ3) is 4.23. The van der Waals surface area contributed by atoms with Gasteiger partial charge in [-0.25, -0.2) is 13.1 Å². The van der Waals surface area contributed by atoms with Crippen LogP contribution in [-0.2, 0) is 14.8 Å². The number of nitrogens with zero attached hydrogens (tertiary/aromatic N) is 1. The number of sulfonamides is 1. The van der Waals surface area contributed by atoms with Crippen molar-refractivity contribution in [3.63, 3.8) is 0 Å². The third-order valence-corrected chi connectivity index (χ3v) is 7.04. The molecule has 1 N–H and O–H groups in total. The van der Waals surface area contributed by atoms with Crippen LogP contribution in [0.4, 0.5) is 0 Å². The van der Waals surface area contributed by atoms with Gasteiger partial charge in [-0.1, -0.05) is 30.3 Å². The maximum atomic E-state index is 12.9. The molecule has 0 saturated carbocycles. The molecule has 27 heavy (non-hydrogen) atoms. The number of fused-ring (bicyclic) bond motifs is 1. The molecule has 1 fully saturated rings. The summed E-state index contributed by atoms with van der Waals surface area (Å²) in [4.78, 5) is 2.58. The Morgan fingerprint density at radius 3 is 2.59 bits per heavy atom. The van der Waals surface area contributed by atoms with Gasteiger partial charge in [0.25, 0.3) is 0 Å². The zero-order valence-electron chi connectivity index (χ0n) is 14.9. The molecule has 1 aliphatic rings. The summed E-state index contributed by atoms with van der Waals surface area (Å²) in [6.07, 6.45) is 0. The quantitative estimate of drug-likeness (QED) is 0.688. The van der Waals surface area contributed by atoms with Gasteiger partial charge in [-0.3, -0.25) is 4.90 Å². The summed E-state index contributed by atoms with van der Waals surface area (Å²) in [5, 5.41) is 6.06. The predicted octanol–water partition coefficient (Wildman–Crippen LogP) is 3.25. The van der Waals surface area contributed by atoms with E-state index in [0.29, 0.717) is 24.7 Å². The number of benzene rings is 2. The van der Waals surface area contributed by atoms with Gasteiger partial charge in [0.05, 0.1) is 18.1 Å². The Labute approximate surface area is 163 Å². The van der Waals surface area contributed by atoms with E-state index in [0.717, 1.165) is 29.4 Å². The Balaban J connectivity index is 1.54. The lowest BCUT2D eigenvalue weighted by Crippen LogP contribution is -2.43. The molecule has 1 aliphatic heterocycles. The van der Waals surface area contributed by atoms with Crippen molar-refractivity contribution in [2.45, 2.75) is 10.9 Å². The summed E-state index contributed by atoms with van der Waals surface area (Å²) in [5.41, 5.74) is 1.14. The number of ether oxygens (including phenoxy) is 1. The predicted molar refractivity (Wildman–Crippen MR) is 109 cm³/mol. The van der Waals surface area contributed by atoms with Crippen LogP contribution in [0, 0.1) is 0 Å². The van der Waals surface area contributed by atoms with E-state index < -0.39 is 10.0 Å². The van der Waals surface area contributed by atoms with Crippen LogP contribution in [0.2, 0.25) is 0 Å². The fourth-order valence-corrected chi connectivity index (χ4v) is 5.20. The normalized spacial score (nSPS) is 17.2. The van der Waals surface area contributed by atoms with Crippen LogP contribution in [0.5, 0.6) is 0 Å². The van der Waals surface area contributed by atoms with Gasteiger partial charge in [0.1, 0.15) is 0 Å². The van der Waals surface area contributed by atoms with Gasteiger partial charge >= 0.3 is 0 Å². The monoisotopic (exact) mass is 402 g/mol. The molecule has 5 nitrogen and oxygen atoms in total. The van der Waals surface area contributed by atoms with Crippen LogP contribution in [0.3, 0.4) is 0 Å². The van der Waals surface area contributed by atoms with Gasteiger partial charge in [0, 0.05) is 25.7 Å². The van der Waals surface area contributed by atoms with Gasteiger partial charge in [-0.05, 0) is 45.3 Å². The van der Waals surface area contributed by atoms with E-state index in [4.69, 9.17) is 4.74 Å². The molecule has 1 saturated heterocycles. The average molecular weight is 403 g/mol. The highest BCUT2D eigenvalue weighted by molar-refractivity contribution is 7.89. The SMILES string of the molecule is O=S(=O)(NC[C@@H](c1ccsc1)N1CCOCC1)c1ccc2ccccc2c1. The van der Waals surface area contributed by atoms with Crippen LogP contribution in [0.1, 0.15) is 11.6 Å². The molecule has 0 amide bonds. The third-order valence-electron chi connectivity index (χ3n) is 4.91. The summed E-state index contributed by atoms with van der Waals surface area (Å²) in [6, 6.07) is 15.1. The molecule has 2 aromatic carbocycles. The van der Waals surface area contributed by atoms with E-state index in [1.165, 1.54) is 0 Å². The van der Waals surface area contributed by atoms with E-state index in [-0.39, 0.29) is 6.04 Å². The second-order valence-electron chi connectivity index (χ2n) is 6.58. The number of rotatable bonds is 6. The van der Waals surface area contributed by atoms with Gasteiger partial charge < -0.3 is 4.74 Å². The molecule has 2 heterocycles. The summed E-state index contributed by atoms with van der Waals surface area (Å²) in [7, 11) is -3.58. The molecule has 3 aromatic rings. The molecule has 4 rings (SSSR count). The van der Waals surface area contributed by atoms with E-state index >= 15 is 0 Å². The molecule has 0 radical (unpaired) electrons. The zero-order chi connectivity index (χ0) is 18.7. The minimum absolute atomic E-state index is 0.00961. The smallest absolute Gasteiger partial charge is 0.240 e. The topological polar surface area (TPSA) is 58.6 Å². The molecule has 1 aromatic heterocycles. The second-order valence-corrected chi connectivity index (χ2v) is 9.13. The van der Waals surface area contributed by atoms with Crippen LogP contribution in [0.15, 0.2) is 64.2 Å². The number of hydrogen-bond donors (Lipinski definition) is 1. The maximum Gasteiger partial charge on any atom is 0.240 e. The lowest BCUT2D eigenvalue weighted by atomic mass is 10.1. The summed E-state index contributed by atoms with van der Waals surface area (Å²) >= 11 is 1.63. The van der Waals surface area contributed by atoms with Gasteiger partial charge in [0.15, 0.2) is 0 Å². The minimum atomic E-state index is -3.58. The average Bonchev–Trinajstić information content (AvgIpc) is 3.23. The molecular formula is C20H22N2O3S2. The van der Waals surface area contributed by atoms with E-state index in [9.17, 15) is 8.42 Å². The molecule has 0 unspecified atom stereocenters. The molecule has 0 spiro atoms. The standard InChI is InChI=1S/C20H22N2O3S2/c23-27(24,19-6-5-16-3-1-2-4-17(16)13-19)21-14-20(18-7-12-26-15-18)22-8-10-25-11-9-22/h1-7,12-13,15,20-21H,8-11,14H2/t20-/m0/s1. The summed E-state index contributed by atoms with van der Waals surface area (Å²) in [5.74, 6) is 0. The first-order valence-corrected chi connectivity index (χ1v) is 11.4. The van der Waals surface area contributed by atoms with E-state index in [1.54, 1.807) is 23.5 Å². The number of thiophene rings is 1. The first-order valence-electron chi connectivity index (χ1n) is 8.96. The van der Waals surface area contributed by atoms with Crippen LogP contribution < -0.4 is 4.72 Å². The summed E-state index contributed by atoms with van der Waals surface area (Å²) < 4.78 is 34.0. The highest BCUT2D eigenvalue weighted by Crippen LogP contribution is 2.25. The van der Waals surface area contributed by atoms with Crippen LogP contribution >= 0.6 is 11.3 Å². The highest BCUT2D eigenvalue weighted by Gasteiger charge is 2.25. The zero-order valence-corrected chi connectivity index (χ0v) is 16.5. The first kappa shape index (κ1) is 18.6. The maximum absolute atomic E-state index is 12.9. The Morgan fingerprint density at radius 2 is 1.85 bits per heavy atom. The molecule has 142 valence electrons. The molecule has 1 atom stereocenters. The van der Waals surface area contributed by atoms with Gasteiger partial charge in [0.2, 0.25) is 10.0 Å². The van der Waals surface area contributed by atoms with E-state index in [1.807, 2.05) is 35.7 Å². The second kappa shape index (κ2) is 8.08. The number of hydrogen-bond acceptors (Lipinski definition) is 5. The Morgan fingerprint density at radius 1 is 1.07 bits per heavy atom. The molecule has 0 aliphatic carbocycles. The van der Waals surface area contributed by atoms with Gasteiger partial charge in [-0.15, -0.1) is 0 Å². The number of morpholine rings is 1. The Bertz CT molecular complexity index is 997. The lowest BCUT2D eigenvalue weighted by molar-refractivity contribution is 0.0173. The fourth-order valence-electron chi connectivity index (χ4n) is 3.42. The molecule has 7 heteroatoms. The van der Waals surface area contributed by atoms with Crippen molar-refractivity contribution >= 4 is 32.1 Å². The summed E-state index contributed by atoms with van der Waals surface area (Å²) in [6.45, 7) is 3.30. The number of nitrogens with one attached hydrogen (secondary N) is 1. The Hall–Kier alpha value is -1.77. The Kier molecular flexibility index (Phi) is 5.56. The van der Waals surface area contributed by atoms with Crippen molar-refractivity contribution < 1.29 is 13.2 Å². The van der Waals surface area contributed by atoms with Crippen molar-refractivity contribution in [3.05, 3.63) is 64.9 Å². The van der Waals surface area contributed by atoms with Crippen molar-refractivity contribution in [2.75, 3.05) is 32.8 Å². The van der Waals surface area contributed by atoms with E-state index in [2.05, 4.69) is 21.1 Å². The van der Waals surface area contributed by atoms with Crippen LogP contribution in [0.25, 0.3) is 10.8 Å². The van der Waals surface area contributed by atoms with Crippen molar-refractivity contribution in [1.29, 1.82) is 0 Å². The molecular weight excluding hydrogens is 380 g/mol. The minimum Gasteiger partial charge on any atom is -0.379 e. The largest absolute Gasteiger partial charge is 0.379 e.